The fraction of sp³-hybridized carbons (Fsp3) is 0.455. The monoisotopic (exact) mass is 210 g/mol. The predicted molar refractivity (Wildman–Crippen MR) is 60.7 cm³/mol. The first-order chi connectivity index (χ1) is 6.49. The molecule has 14 heavy (non-hydrogen) atoms. The number of rotatable bonds is 4. The van der Waals surface area contributed by atoms with Crippen molar-refractivity contribution in [2.24, 2.45) is 0 Å². The van der Waals surface area contributed by atoms with Crippen LogP contribution in [-0.2, 0) is 4.43 Å². The Morgan fingerprint density at radius 1 is 1.21 bits per heavy atom. The van der Waals surface area contributed by atoms with Crippen LogP contribution < -0.4 is 0 Å². The maximum atomic E-state index is 9.78. The van der Waals surface area contributed by atoms with Gasteiger partial charge >= 0.3 is 0 Å². The largest absolute Gasteiger partial charge is 0.415 e. The number of hydrogen-bond acceptors (Lipinski definition) is 2. The molecule has 0 saturated heterocycles. The summed E-state index contributed by atoms with van der Waals surface area (Å²) in [4.78, 5) is 0. The minimum atomic E-state index is -1.51. The molecular weight excluding hydrogens is 192 g/mol. The maximum absolute atomic E-state index is 9.78. The SMILES string of the molecule is C[Si](C)(C)OCC(O)c1ccccc1. The molecule has 0 aliphatic carbocycles. The average Bonchev–Trinajstić information content (AvgIpc) is 2.14. The van der Waals surface area contributed by atoms with Gasteiger partial charge in [0.2, 0.25) is 0 Å². The summed E-state index contributed by atoms with van der Waals surface area (Å²) in [5, 5.41) is 9.78. The third-order valence-electron chi connectivity index (χ3n) is 1.86. The van der Waals surface area contributed by atoms with Gasteiger partial charge in [0.05, 0.1) is 6.61 Å². The minimum Gasteiger partial charge on any atom is -0.415 e. The average molecular weight is 210 g/mol. The van der Waals surface area contributed by atoms with Crippen molar-refractivity contribution in [1.82, 2.24) is 0 Å². The van der Waals surface area contributed by atoms with Crippen LogP contribution in [0.5, 0.6) is 0 Å². The zero-order chi connectivity index (χ0) is 10.6. The number of benzene rings is 1. The molecule has 0 aliphatic rings. The topological polar surface area (TPSA) is 29.5 Å². The molecule has 0 fully saturated rings. The fourth-order valence-corrected chi connectivity index (χ4v) is 1.76. The van der Waals surface area contributed by atoms with E-state index >= 15 is 0 Å². The molecular formula is C11H18O2Si. The molecule has 0 aliphatic heterocycles. The molecule has 2 nitrogen and oxygen atoms in total. The van der Waals surface area contributed by atoms with Crippen molar-refractivity contribution in [3.8, 4) is 0 Å². The summed E-state index contributed by atoms with van der Waals surface area (Å²) >= 11 is 0. The molecule has 0 saturated carbocycles. The molecule has 0 heterocycles. The summed E-state index contributed by atoms with van der Waals surface area (Å²) in [6.07, 6.45) is -0.497. The summed E-state index contributed by atoms with van der Waals surface area (Å²) in [6.45, 7) is 6.75. The van der Waals surface area contributed by atoms with E-state index in [4.69, 9.17) is 4.43 Å². The molecule has 1 atom stereocenters. The van der Waals surface area contributed by atoms with Gasteiger partial charge in [-0.25, -0.2) is 0 Å². The third kappa shape index (κ3) is 4.04. The quantitative estimate of drug-likeness (QED) is 0.774. The van der Waals surface area contributed by atoms with Gasteiger partial charge < -0.3 is 9.53 Å². The van der Waals surface area contributed by atoms with Crippen molar-refractivity contribution in [1.29, 1.82) is 0 Å². The van der Waals surface area contributed by atoms with Gasteiger partial charge in [0.1, 0.15) is 6.10 Å². The molecule has 0 radical (unpaired) electrons. The van der Waals surface area contributed by atoms with Gasteiger partial charge in [0.25, 0.3) is 0 Å². The van der Waals surface area contributed by atoms with Crippen LogP contribution in [0.2, 0.25) is 19.6 Å². The van der Waals surface area contributed by atoms with Crippen LogP contribution in [0.25, 0.3) is 0 Å². The normalized spacial score (nSPS) is 14.0. The predicted octanol–water partition coefficient (Wildman–Crippen LogP) is 2.57. The second kappa shape index (κ2) is 4.73. The van der Waals surface area contributed by atoms with Crippen LogP contribution in [0.4, 0.5) is 0 Å². The lowest BCUT2D eigenvalue weighted by Crippen LogP contribution is -2.27. The van der Waals surface area contributed by atoms with Gasteiger partial charge in [0.15, 0.2) is 8.32 Å². The highest BCUT2D eigenvalue weighted by Crippen LogP contribution is 2.14. The van der Waals surface area contributed by atoms with Gasteiger partial charge in [-0.15, -0.1) is 0 Å². The molecule has 0 bridgehead atoms. The van der Waals surface area contributed by atoms with E-state index in [1.165, 1.54) is 0 Å². The van der Waals surface area contributed by atoms with Crippen LogP contribution in [0, 0.1) is 0 Å². The molecule has 78 valence electrons. The van der Waals surface area contributed by atoms with E-state index in [0.717, 1.165) is 5.56 Å². The molecule has 1 aromatic rings. The summed E-state index contributed by atoms with van der Waals surface area (Å²) in [5.74, 6) is 0. The minimum absolute atomic E-state index is 0.403. The zero-order valence-corrected chi connectivity index (χ0v) is 10.0. The Morgan fingerprint density at radius 3 is 2.29 bits per heavy atom. The van der Waals surface area contributed by atoms with E-state index in [1.807, 2.05) is 30.3 Å². The van der Waals surface area contributed by atoms with Crippen molar-refractivity contribution >= 4 is 8.32 Å². The molecule has 0 spiro atoms. The first kappa shape index (κ1) is 11.4. The Kier molecular flexibility index (Phi) is 3.86. The highest BCUT2D eigenvalue weighted by Gasteiger charge is 2.16. The highest BCUT2D eigenvalue weighted by atomic mass is 28.4. The molecule has 1 N–H and O–H groups in total. The van der Waals surface area contributed by atoms with E-state index in [9.17, 15) is 5.11 Å². The Balaban J connectivity index is 2.48. The van der Waals surface area contributed by atoms with Gasteiger partial charge in [-0.2, -0.15) is 0 Å². The van der Waals surface area contributed by atoms with Crippen molar-refractivity contribution in [2.75, 3.05) is 6.61 Å². The molecule has 0 amide bonds. The van der Waals surface area contributed by atoms with Crippen molar-refractivity contribution in [2.45, 2.75) is 25.7 Å². The molecule has 1 rings (SSSR count). The second-order valence-electron chi connectivity index (χ2n) is 4.35. The zero-order valence-electron chi connectivity index (χ0n) is 9.03. The van der Waals surface area contributed by atoms with Crippen LogP contribution in [0.1, 0.15) is 11.7 Å². The second-order valence-corrected chi connectivity index (χ2v) is 8.86. The molecule has 0 aromatic heterocycles. The van der Waals surface area contributed by atoms with Crippen LogP contribution >= 0.6 is 0 Å². The highest BCUT2D eigenvalue weighted by molar-refractivity contribution is 6.69. The summed E-state index contributed by atoms with van der Waals surface area (Å²) in [7, 11) is -1.51. The Hall–Kier alpha value is -0.643. The Labute approximate surface area is 86.7 Å². The summed E-state index contributed by atoms with van der Waals surface area (Å²) < 4.78 is 5.63. The summed E-state index contributed by atoms with van der Waals surface area (Å²) in [5.41, 5.74) is 0.922. The van der Waals surface area contributed by atoms with Crippen LogP contribution in [0.3, 0.4) is 0 Å². The lowest BCUT2D eigenvalue weighted by atomic mass is 10.1. The van der Waals surface area contributed by atoms with Gasteiger partial charge in [-0.3, -0.25) is 0 Å². The standard InChI is InChI=1S/C11H18O2Si/c1-14(2,3)13-9-11(12)10-7-5-4-6-8-10/h4-8,11-12H,9H2,1-3H3. The third-order valence-corrected chi connectivity index (χ3v) is 2.89. The van der Waals surface area contributed by atoms with Crippen LogP contribution in [-0.4, -0.2) is 20.0 Å². The first-order valence-electron chi connectivity index (χ1n) is 4.86. The Bertz CT molecular complexity index is 266. The Morgan fingerprint density at radius 2 is 1.79 bits per heavy atom. The van der Waals surface area contributed by atoms with Crippen LogP contribution in [0.15, 0.2) is 30.3 Å². The number of aliphatic hydroxyl groups is 1. The van der Waals surface area contributed by atoms with E-state index < -0.39 is 14.4 Å². The lowest BCUT2D eigenvalue weighted by Gasteiger charge is -2.20. The first-order valence-corrected chi connectivity index (χ1v) is 8.27. The molecule has 1 unspecified atom stereocenters. The number of aliphatic hydroxyl groups excluding tert-OH is 1. The van der Waals surface area contributed by atoms with Gasteiger partial charge in [-0.05, 0) is 25.2 Å². The van der Waals surface area contributed by atoms with Crippen molar-refractivity contribution < 1.29 is 9.53 Å². The smallest absolute Gasteiger partial charge is 0.183 e. The van der Waals surface area contributed by atoms with Crippen molar-refractivity contribution in [3.05, 3.63) is 35.9 Å². The van der Waals surface area contributed by atoms with Gasteiger partial charge in [0, 0.05) is 0 Å². The van der Waals surface area contributed by atoms with E-state index in [0.29, 0.717) is 6.61 Å². The molecule has 3 heteroatoms. The maximum Gasteiger partial charge on any atom is 0.183 e. The fourth-order valence-electron chi connectivity index (χ4n) is 1.10. The van der Waals surface area contributed by atoms with Gasteiger partial charge in [-0.1, -0.05) is 30.3 Å². The van der Waals surface area contributed by atoms with E-state index in [2.05, 4.69) is 19.6 Å². The van der Waals surface area contributed by atoms with E-state index in [-0.39, 0.29) is 0 Å². The lowest BCUT2D eigenvalue weighted by molar-refractivity contribution is 0.104. The molecule has 1 aromatic carbocycles. The van der Waals surface area contributed by atoms with Crippen molar-refractivity contribution in [3.63, 3.8) is 0 Å². The van der Waals surface area contributed by atoms with E-state index in [1.54, 1.807) is 0 Å². The summed E-state index contributed by atoms with van der Waals surface area (Å²) in [6, 6.07) is 9.62. The number of hydrogen-bond donors (Lipinski definition) is 1.